The van der Waals surface area contributed by atoms with Crippen LogP contribution in [0.1, 0.15) is 38.1 Å². The smallest absolute Gasteiger partial charge is 0.216 e. The van der Waals surface area contributed by atoms with Gasteiger partial charge in [0, 0.05) is 11.4 Å². The summed E-state index contributed by atoms with van der Waals surface area (Å²) >= 11 is 11.1. The number of H-pyrrole nitrogens is 1. The molecule has 0 aliphatic heterocycles. The second-order valence-corrected chi connectivity index (χ2v) is 5.38. The highest BCUT2D eigenvalue weighted by atomic mass is 35.5. The van der Waals surface area contributed by atoms with E-state index in [1.807, 2.05) is 31.2 Å². The number of nitrogens with zero attached hydrogens (tertiary/aromatic N) is 3. The minimum atomic E-state index is 0.518. The molecule has 20 heavy (non-hydrogen) atoms. The predicted molar refractivity (Wildman–Crippen MR) is 85.1 cm³/mol. The molecule has 0 aliphatic rings. The summed E-state index contributed by atoms with van der Waals surface area (Å²) in [6, 6.07) is 7.58. The van der Waals surface area contributed by atoms with Crippen LogP contribution in [0.5, 0.6) is 0 Å². The second-order valence-electron chi connectivity index (χ2n) is 4.55. The fourth-order valence-corrected chi connectivity index (χ4v) is 2.14. The molecule has 106 valence electrons. The Morgan fingerprint density at radius 1 is 1.40 bits per heavy atom. The first-order valence-electron chi connectivity index (χ1n) is 6.59. The van der Waals surface area contributed by atoms with Gasteiger partial charge in [0.2, 0.25) is 4.77 Å². The third-order valence-electron chi connectivity index (χ3n) is 2.98. The highest BCUT2D eigenvalue weighted by molar-refractivity contribution is 7.71. The molecule has 0 fully saturated rings. The fraction of sp³-hybridized carbons (Fsp3) is 0.357. The van der Waals surface area contributed by atoms with Crippen LogP contribution in [0.15, 0.2) is 29.4 Å². The molecule has 2 aromatic rings. The van der Waals surface area contributed by atoms with Gasteiger partial charge in [-0.05, 0) is 43.3 Å². The summed E-state index contributed by atoms with van der Waals surface area (Å²) in [7, 11) is 0. The molecule has 1 N–H and O–H groups in total. The number of aromatic nitrogens is 3. The topological polar surface area (TPSA) is 46.0 Å². The molecule has 1 aromatic carbocycles. The van der Waals surface area contributed by atoms with E-state index < -0.39 is 0 Å². The molecule has 0 saturated carbocycles. The SMILES string of the molecule is CCCCc1n[nH]c(=S)n1N=C(C)c1ccc(Cl)cc1. The number of aryl methyl sites for hydroxylation is 1. The summed E-state index contributed by atoms with van der Waals surface area (Å²) in [6.45, 7) is 4.09. The van der Waals surface area contributed by atoms with Gasteiger partial charge in [0.1, 0.15) is 0 Å². The van der Waals surface area contributed by atoms with Gasteiger partial charge < -0.3 is 0 Å². The van der Waals surface area contributed by atoms with E-state index in [-0.39, 0.29) is 0 Å². The first-order chi connectivity index (χ1) is 9.61. The minimum absolute atomic E-state index is 0.518. The molecule has 0 atom stereocenters. The Morgan fingerprint density at radius 3 is 2.75 bits per heavy atom. The summed E-state index contributed by atoms with van der Waals surface area (Å²) in [5.41, 5.74) is 1.89. The summed E-state index contributed by atoms with van der Waals surface area (Å²) in [6.07, 6.45) is 3.04. The minimum Gasteiger partial charge on any atom is -0.250 e. The van der Waals surface area contributed by atoms with Gasteiger partial charge in [0.25, 0.3) is 0 Å². The molecule has 0 saturated heterocycles. The number of hydrogen-bond donors (Lipinski definition) is 1. The van der Waals surface area contributed by atoms with E-state index in [4.69, 9.17) is 23.8 Å². The van der Waals surface area contributed by atoms with Crippen molar-refractivity contribution in [2.75, 3.05) is 0 Å². The quantitative estimate of drug-likeness (QED) is 0.664. The largest absolute Gasteiger partial charge is 0.250 e. The van der Waals surface area contributed by atoms with Crippen molar-refractivity contribution >= 4 is 29.5 Å². The summed E-state index contributed by atoms with van der Waals surface area (Å²) < 4.78 is 2.22. The van der Waals surface area contributed by atoms with Crippen molar-refractivity contribution in [2.45, 2.75) is 33.1 Å². The molecular weight excluding hydrogens is 292 g/mol. The lowest BCUT2D eigenvalue weighted by Crippen LogP contribution is -2.04. The molecule has 0 bridgehead atoms. The van der Waals surface area contributed by atoms with Crippen LogP contribution in [0, 0.1) is 4.77 Å². The van der Waals surface area contributed by atoms with Gasteiger partial charge in [0.15, 0.2) is 5.82 Å². The van der Waals surface area contributed by atoms with Gasteiger partial charge in [-0.15, -0.1) is 0 Å². The van der Waals surface area contributed by atoms with Gasteiger partial charge in [-0.25, -0.2) is 0 Å². The highest BCUT2D eigenvalue weighted by Crippen LogP contribution is 2.11. The number of rotatable bonds is 5. The zero-order valence-corrected chi connectivity index (χ0v) is 13.1. The lowest BCUT2D eigenvalue weighted by molar-refractivity contribution is 0.698. The third-order valence-corrected chi connectivity index (χ3v) is 3.50. The van der Waals surface area contributed by atoms with Crippen molar-refractivity contribution < 1.29 is 0 Å². The number of benzene rings is 1. The first-order valence-corrected chi connectivity index (χ1v) is 7.38. The molecule has 0 spiro atoms. The average Bonchev–Trinajstić information content (AvgIpc) is 2.78. The fourth-order valence-electron chi connectivity index (χ4n) is 1.82. The maximum Gasteiger partial charge on any atom is 0.216 e. The number of aromatic amines is 1. The van der Waals surface area contributed by atoms with E-state index in [1.54, 1.807) is 4.68 Å². The lowest BCUT2D eigenvalue weighted by atomic mass is 10.1. The molecule has 2 rings (SSSR count). The van der Waals surface area contributed by atoms with Crippen molar-refractivity contribution in [1.29, 1.82) is 0 Å². The molecular formula is C14H17ClN4S. The van der Waals surface area contributed by atoms with Gasteiger partial charge in [0.05, 0.1) is 5.71 Å². The normalized spacial score (nSPS) is 11.8. The molecule has 0 aliphatic carbocycles. The van der Waals surface area contributed by atoms with Gasteiger partial charge in [-0.2, -0.15) is 14.9 Å². The Morgan fingerprint density at radius 2 is 2.10 bits per heavy atom. The second kappa shape index (κ2) is 6.81. The van der Waals surface area contributed by atoms with E-state index in [0.717, 1.165) is 36.4 Å². The van der Waals surface area contributed by atoms with Crippen LogP contribution in [0.4, 0.5) is 0 Å². The Balaban J connectivity index is 2.31. The zero-order chi connectivity index (χ0) is 14.5. The summed E-state index contributed by atoms with van der Waals surface area (Å²) in [5.74, 6) is 0.866. The zero-order valence-electron chi connectivity index (χ0n) is 11.6. The summed E-state index contributed by atoms with van der Waals surface area (Å²) in [4.78, 5) is 0. The summed E-state index contributed by atoms with van der Waals surface area (Å²) in [5, 5.41) is 12.3. The van der Waals surface area contributed by atoms with Crippen molar-refractivity contribution in [3.05, 3.63) is 45.4 Å². The molecule has 1 aromatic heterocycles. The van der Waals surface area contributed by atoms with Crippen LogP contribution >= 0.6 is 23.8 Å². The maximum absolute atomic E-state index is 5.89. The van der Waals surface area contributed by atoms with Crippen molar-refractivity contribution in [3.63, 3.8) is 0 Å². The maximum atomic E-state index is 5.89. The molecule has 0 unspecified atom stereocenters. The monoisotopic (exact) mass is 308 g/mol. The third kappa shape index (κ3) is 3.55. The van der Waals surface area contributed by atoms with Crippen LogP contribution in [-0.2, 0) is 6.42 Å². The highest BCUT2D eigenvalue weighted by Gasteiger charge is 2.06. The van der Waals surface area contributed by atoms with Crippen LogP contribution in [0.3, 0.4) is 0 Å². The van der Waals surface area contributed by atoms with Crippen LogP contribution in [0.2, 0.25) is 5.02 Å². The van der Waals surface area contributed by atoms with Gasteiger partial charge in [-0.1, -0.05) is 37.1 Å². The first kappa shape index (κ1) is 14.9. The number of nitrogens with one attached hydrogen (secondary N) is 1. The number of halogens is 1. The molecule has 0 amide bonds. The Labute approximate surface area is 128 Å². The van der Waals surface area contributed by atoms with E-state index in [1.165, 1.54) is 0 Å². The number of hydrogen-bond acceptors (Lipinski definition) is 3. The van der Waals surface area contributed by atoms with Gasteiger partial charge in [-0.3, -0.25) is 5.10 Å². The Bertz CT molecular complexity index is 655. The predicted octanol–water partition coefficient (Wildman–Crippen LogP) is 4.21. The van der Waals surface area contributed by atoms with Gasteiger partial charge >= 0.3 is 0 Å². The molecule has 4 nitrogen and oxygen atoms in total. The van der Waals surface area contributed by atoms with Crippen molar-refractivity contribution in [2.24, 2.45) is 5.10 Å². The molecule has 6 heteroatoms. The number of unbranched alkanes of at least 4 members (excludes halogenated alkanes) is 1. The Kier molecular flexibility index (Phi) is 5.09. The van der Waals surface area contributed by atoms with E-state index >= 15 is 0 Å². The van der Waals surface area contributed by atoms with E-state index in [2.05, 4.69) is 22.2 Å². The van der Waals surface area contributed by atoms with Crippen molar-refractivity contribution in [1.82, 2.24) is 14.9 Å². The van der Waals surface area contributed by atoms with E-state index in [9.17, 15) is 0 Å². The molecule has 0 radical (unpaired) electrons. The Hall–Kier alpha value is -1.46. The molecule has 1 heterocycles. The standard InChI is InChI=1S/C14H17ClN4S/c1-3-4-5-13-16-17-14(20)19(13)18-10(2)11-6-8-12(15)9-7-11/h6-9H,3-5H2,1-2H3,(H,17,20). The average molecular weight is 309 g/mol. The lowest BCUT2D eigenvalue weighted by Gasteiger charge is -2.04. The van der Waals surface area contributed by atoms with Crippen molar-refractivity contribution in [3.8, 4) is 0 Å². The van der Waals surface area contributed by atoms with Crippen LogP contribution in [-0.4, -0.2) is 20.6 Å². The van der Waals surface area contributed by atoms with Crippen LogP contribution in [0.25, 0.3) is 0 Å². The van der Waals surface area contributed by atoms with E-state index in [0.29, 0.717) is 9.79 Å². The van der Waals surface area contributed by atoms with Crippen LogP contribution < -0.4 is 0 Å².